The Morgan fingerprint density at radius 1 is 0.987 bits per heavy atom. The van der Waals surface area contributed by atoms with Gasteiger partial charge in [0, 0.05) is 70.5 Å². The van der Waals surface area contributed by atoms with Crippen LogP contribution in [0.2, 0.25) is 0 Å². The molecule has 5 heterocycles. The zero-order valence-electron chi connectivity index (χ0n) is 46.5. The van der Waals surface area contributed by atoms with Crippen LogP contribution < -0.4 is 0 Å². The van der Waals surface area contributed by atoms with Gasteiger partial charge in [-0.3, -0.25) is 9.78 Å². The molecule has 19 nitrogen and oxygen atoms in total. The number of cyclic esters (lactones) is 1. The largest absolute Gasteiger partial charge is 0.459 e. The van der Waals surface area contributed by atoms with E-state index in [0.717, 1.165) is 16.0 Å². The fraction of sp³-hybridized carbons (Fsp3) is 0.778. The van der Waals surface area contributed by atoms with E-state index >= 15 is 0 Å². The summed E-state index contributed by atoms with van der Waals surface area (Å²) in [6, 6.07) is 5.91. The van der Waals surface area contributed by atoms with E-state index in [0.29, 0.717) is 31.6 Å². The molecular weight excluding hydrogens is 992 g/mol. The maximum Gasteiger partial charge on any atom is 0.311 e. The second-order valence-corrected chi connectivity index (χ2v) is 23.4. The third kappa shape index (κ3) is 14.0. The van der Waals surface area contributed by atoms with Crippen LogP contribution >= 0.6 is 11.3 Å². The molecular formula is C54H87FN6O13S. The summed E-state index contributed by atoms with van der Waals surface area (Å²) in [5, 5.41) is 68.6. The number of rotatable bonds is 16. The van der Waals surface area contributed by atoms with Crippen LogP contribution in [0.25, 0.3) is 10.4 Å². The van der Waals surface area contributed by atoms with Crippen LogP contribution in [-0.4, -0.2) is 200 Å². The number of benzene rings is 1. The van der Waals surface area contributed by atoms with Crippen LogP contribution in [0.15, 0.2) is 42.2 Å². The smallest absolute Gasteiger partial charge is 0.311 e. The number of aromatic nitrogens is 4. The normalized spacial score (nSPS) is 38.9. The van der Waals surface area contributed by atoms with E-state index in [1.165, 1.54) is 30.1 Å². The first kappa shape index (κ1) is 61.1. The van der Waals surface area contributed by atoms with Gasteiger partial charge in [0.2, 0.25) is 0 Å². The molecule has 6 rings (SSSR count). The van der Waals surface area contributed by atoms with E-state index in [9.17, 15) is 34.7 Å². The SMILES string of the molecule is CC[C@H]1OC(=O)[C@H](C)[C@@H](O[C@H]2C[C@@](C)(OC)[C@@H](O)[C@H](C)O2)[C@H](C)[C@@H](O[C@@H]2O[C@H](C)C[C@H](N(C)CCc3cn([C@H](CF)[C@H](OC)c4ccc(-c5cncs5)cc4)nn3)[C@H]2O)[C@](C)(O)C[C@H](C)CN(C)[C@H](C)[C@@H](O)[C@]1(C)O. The van der Waals surface area contributed by atoms with Gasteiger partial charge in [-0.1, -0.05) is 50.3 Å². The molecule has 75 heavy (non-hydrogen) atoms. The number of thiazole rings is 1. The molecule has 20 atom stereocenters. The molecule has 21 heteroatoms. The Bertz CT molecular complexity index is 2230. The fourth-order valence-electron chi connectivity index (χ4n) is 11.7. The van der Waals surface area contributed by atoms with Gasteiger partial charge in [0.25, 0.3) is 0 Å². The monoisotopic (exact) mass is 1080 g/mol. The molecule has 3 aliphatic heterocycles. The zero-order chi connectivity index (χ0) is 55.3. The number of nitrogens with zero attached hydrogens (tertiary/aromatic N) is 6. The Morgan fingerprint density at radius 2 is 1.68 bits per heavy atom. The van der Waals surface area contributed by atoms with Gasteiger partial charge in [0.05, 0.1) is 57.6 Å². The van der Waals surface area contributed by atoms with Crippen molar-refractivity contribution in [2.75, 3.05) is 48.1 Å². The van der Waals surface area contributed by atoms with Crippen molar-refractivity contribution >= 4 is 17.3 Å². The van der Waals surface area contributed by atoms with E-state index in [-0.39, 0.29) is 25.2 Å². The van der Waals surface area contributed by atoms with Crippen LogP contribution in [0.4, 0.5) is 4.39 Å². The van der Waals surface area contributed by atoms with Crippen molar-refractivity contribution in [2.45, 2.75) is 204 Å². The lowest BCUT2D eigenvalue weighted by Gasteiger charge is -2.49. The third-order valence-corrected chi connectivity index (χ3v) is 17.3. The van der Waals surface area contributed by atoms with Crippen molar-refractivity contribution in [3.63, 3.8) is 0 Å². The molecule has 3 saturated heterocycles. The van der Waals surface area contributed by atoms with Gasteiger partial charge in [0.1, 0.15) is 48.8 Å². The van der Waals surface area contributed by atoms with Gasteiger partial charge < -0.3 is 68.5 Å². The van der Waals surface area contributed by atoms with E-state index in [2.05, 4.69) is 15.3 Å². The number of carbonyl (C=O) groups is 1. The number of ether oxygens (including phenoxy) is 7. The minimum Gasteiger partial charge on any atom is -0.459 e. The molecule has 3 aliphatic rings. The second-order valence-electron chi connectivity index (χ2n) is 22.5. The molecule has 0 radical (unpaired) electrons. The Hall–Kier alpha value is -3.13. The van der Waals surface area contributed by atoms with E-state index in [1.807, 2.05) is 62.0 Å². The van der Waals surface area contributed by atoms with Crippen LogP contribution in [-0.2, 0) is 44.4 Å². The molecule has 5 N–H and O–H groups in total. The number of hydrogen-bond acceptors (Lipinski definition) is 19. The van der Waals surface area contributed by atoms with E-state index < -0.39 is 127 Å². The highest BCUT2D eigenvalue weighted by molar-refractivity contribution is 7.13. The Morgan fingerprint density at radius 3 is 2.29 bits per heavy atom. The molecule has 424 valence electrons. The van der Waals surface area contributed by atoms with Crippen LogP contribution in [0, 0.1) is 17.8 Å². The summed E-state index contributed by atoms with van der Waals surface area (Å²) in [6.45, 7) is 17.5. The van der Waals surface area contributed by atoms with Crippen LogP contribution in [0.1, 0.15) is 118 Å². The highest BCUT2D eigenvalue weighted by Gasteiger charge is 2.53. The minimum absolute atomic E-state index is 0.0848. The maximum atomic E-state index is 14.9. The van der Waals surface area contributed by atoms with Gasteiger partial charge in [-0.25, -0.2) is 9.07 Å². The number of halogens is 1. The number of hydrogen-bond donors (Lipinski definition) is 5. The van der Waals surface area contributed by atoms with Gasteiger partial charge in [-0.05, 0) is 98.9 Å². The number of methoxy groups -OCH3 is 2. The predicted molar refractivity (Wildman–Crippen MR) is 279 cm³/mol. The average molecular weight is 1080 g/mol. The number of likely N-dealkylation sites (N-methyl/N-ethyl adjacent to an activating group) is 2. The fourth-order valence-corrected chi connectivity index (χ4v) is 12.3. The third-order valence-electron chi connectivity index (χ3n) is 16.4. The van der Waals surface area contributed by atoms with E-state index in [4.69, 9.17) is 33.2 Å². The Balaban J connectivity index is 1.26. The summed E-state index contributed by atoms with van der Waals surface area (Å²) >= 11 is 1.54. The molecule has 0 saturated carbocycles. The van der Waals surface area contributed by atoms with Crippen molar-refractivity contribution in [2.24, 2.45) is 17.8 Å². The lowest BCUT2D eigenvalue weighted by molar-refractivity contribution is -0.318. The lowest BCUT2D eigenvalue weighted by atomic mass is 9.77. The van der Waals surface area contributed by atoms with Crippen LogP contribution in [0.3, 0.4) is 0 Å². The van der Waals surface area contributed by atoms with Crippen molar-refractivity contribution in [3.05, 3.63) is 53.4 Å². The number of aliphatic hydroxyl groups is 5. The topological polar surface area (TPSA) is 233 Å². The van der Waals surface area contributed by atoms with Crippen molar-refractivity contribution in [1.29, 1.82) is 0 Å². The Labute approximate surface area is 446 Å². The number of carbonyl (C=O) groups excluding carboxylic acids is 1. The summed E-state index contributed by atoms with van der Waals surface area (Å²) in [4.78, 5) is 23.6. The second kappa shape index (κ2) is 25.8. The first-order valence-corrected chi connectivity index (χ1v) is 27.4. The van der Waals surface area contributed by atoms with Crippen LogP contribution in [0.5, 0.6) is 0 Å². The highest BCUT2D eigenvalue weighted by atomic mass is 32.1. The van der Waals surface area contributed by atoms with Gasteiger partial charge in [-0.15, -0.1) is 16.4 Å². The highest BCUT2D eigenvalue weighted by Crippen LogP contribution is 2.41. The molecule has 3 aromatic rings. The summed E-state index contributed by atoms with van der Waals surface area (Å²) in [5.74, 6) is -2.87. The molecule has 0 aliphatic carbocycles. The number of esters is 1. The molecule has 3 fully saturated rings. The van der Waals surface area contributed by atoms with Gasteiger partial charge in [-0.2, -0.15) is 0 Å². The molecule has 0 amide bonds. The number of aliphatic hydroxyl groups excluding tert-OH is 3. The lowest BCUT2D eigenvalue weighted by Crippen LogP contribution is -2.61. The standard InChI is InChI=1S/C54H87FN6O13S/c1-15-42-54(10,67)47(63)34(6)60(12)27-30(2)23-52(8,66)49(32(4)45(33(5)50(65)72-42)73-43-24-53(9,69-14)48(64)35(7)71-43)74-51-44(62)39(22-31(3)70-51)59(11)21-20-38-28-61(58-57-38)40(25-55)46(68-13)37-18-16-36(17-19-37)41-26-56-29-75-41/h16-19,26,28-35,39-40,42-49,51,62-64,66-67H,15,20-25,27H2,1-14H3/t30-,31+,32-,33+,34+,35-,39-,40+,42+,43-,44+,45-,46+,47+,48-,49+,51-,52+,53+,54+/m0/s1. The predicted octanol–water partition coefficient (Wildman–Crippen LogP) is 5.13. The molecule has 0 spiro atoms. The summed E-state index contributed by atoms with van der Waals surface area (Å²) in [5.41, 5.74) is -0.408. The van der Waals surface area contributed by atoms with Gasteiger partial charge in [0.15, 0.2) is 12.6 Å². The number of alkyl halides is 1. The first-order chi connectivity index (χ1) is 35.3. The minimum atomic E-state index is -1.85. The quantitative estimate of drug-likeness (QED) is 0.117. The van der Waals surface area contributed by atoms with Gasteiger partial charge >= 0.3 is 5.97 Å². The summed E-state index contributed by atoms with van der Waals surface area (Å²) < 4.78 is 60.6. The van der Waals surface area contributed by atoms with Crippen molar-refractivity contribution in [3.8, 4) is 10.4 Å². The molecule has 2 aromatic heterocycles. The molecule has 0 unspecified atom stereocenters. The van der Waals surface area contributed by atoms with Crippen molar-refractivity contribution < 1.29 is 67.9 Å². The zero-order valence-corrected chi connectivity index (χ0v) is 47.3. The molecule has 1 aromatic carbocycles. The van der Waals surface area contributed by atoms with E-state index in [1.54, 1.807) is 73.5 Å². The summed E-state index contributed by atoms with van der Waals surface area (Å²) in [7, 11) is 6.76. The first-order valence-electron chi connectivity index (χ1n) is 26.6. The molecule has 0 bridgehead atoms. The van der Waals surface area contributed by atoms with Crippen molar-refractivity contribution in [1.82, 2.24) is 29.8 Å². The summed E-state index contributed by atoms with van der Waals surface area (Å²) in [6.07, 6.45) is -6.15. The maximum absolute atomic E-state index is 14.9. The average Bonchev–Trinajstić information content (AvgIpc) is 4.09. The Kier molecular flexibility index (Phi) is 21.0.